The third-order valence-corrected chi connectivity index (χ3v) is 2.96. The van der Waals surface area contributed by atoms with Gasteiger partial charge < -0.3 is 5.32 Å². The molecule has 2 nitrogen and oxygen atoms in total. The Kier molecular flexibility index (Phi) is 6.05. The molecule has 0 aliphatic rings. The zero-order chi connectivity index (χ0) is 15.3. The van der Waals surface area contributed by atoms with Gasteiger partial charge in [0.1, 0.15) is 5.78 Å². The number of benzene rings is 1. The molecule has 0 bridgehead atoms. The SMILES string of the molecule is CC(C)Nc1cc(Br)cc(CC(=O)CCC(F)(F)F)c1. The number of halogens is 4. The van der Waals surface area contributed by atoms with E-state index in [2.05, 4.69) is 21.2 Å². The lowest BCUT2D eigenvalue weighted by molar-refractivity contribution is -0.143. The van der Waals surface area contributed by atoms with Gasteiger partial charge in [0, 0.05) is 29.0 Å². The molecule has 112 valence electrons. The summed E-state index contributed by atoms with van der Waals surface area (Å²) >= 11 is 3.33. The quantitative estimate of drug-likeness (QED) is 0.803. The van der Waals surface area contributed by atoms with Crippen LogP contribution in [0.25, 0.3) is 0 Å². The molecular formula is C14H17BrF3NO. The maximum atomic E-state index is 12.1. The Labute approximate surface area is 124 Å². The number of hydrogen-bond donors (Lipinski definition) is 1. The molecule has 0 saturated carbocycles. The van der Waals surface area contributed by atoms with Crippen molar-refractivity contribution in [1.82, 2.24) is 0 Å². The van der Waals surface area contributed by atoms with Gasteiger partial charge in [0.2, 0.25) is 0 Å². The van der Waals surface area contributed by atoms with Crippen molar-refractivity contribution in [2.75, 3.05) is 5.32 Å². The van der Waals surface area contributed by atoms with Crippen LogP contribution in [0, 0.1) is 0 Å². The maximum Gasteiger partial charge on any atom is 0.389 e. The number of hydrogen-bond acceptors (Lipinski definition) is 2. The van der Waals surface area contributed by atoms with Gasteiger partial charge in [-0.2, -0.15) is 13.2 Å². The van der Waals surface area contributed by atoms with Gasteiger partial charge in [0.25, 0.3) is 0 Å². The number of rotatable bonds is 6. The molecule has 0 aliphatic carbocycles. The number of carbonyl (C=O) groups excluding carboxylic acids is 1. The van der Waals surface area contributed by atoms with E-state index in [4.69, 9.17) is 0 Å². The number of alkyl halides is 3. The molecule has 1 aromatic carbocycles. The van der Waals surface area contributed by atoms with Crippen molar-refractivity contribution < 1.29 is 18.0 Å². The first-order valence-electron chi connectivity index (χ1n) is 6.30. The van der Waals surface area contributed by atoms with E-state index in [1.807, 2.05) is 19.9 Å². The van der Waals surface area contributed by atoms with Crippen LogP contribution in [0.3, 0.4) is 0 Å². The number of carbonyl (C=O) groups is 1. The van der Waals surface area contributed by atoms with Crippen LogP contribution < -0.4 is 5.32 Å². The van der Waals surface area contributed by atoms with Gasteiger partial charge in [0.05, 0.1) is 6.42 Å². The standard InChI is InChI=1S/C14H17BrF3NO/c1-9(2)19-12-6-10(5-11(15)8-12)7-13(20)3-4-14(16,17)18/h5-6,8-9,19H,3-4,7H2,1-2H3. The molecular weight excluding hydrogens is 335 g/mol. The van der Waals surface area contributed by atoms with Crippen LogP contribution >= 0.6 is 15.9 Å². The van der Waals surface area contributed by atoms with Crippen LogP contribution in [0.4, 0.5) is 18.9 Å². The second kappa shape index (κ2) is 7.11. The molecule has 0 aromatic heterocycles. The molecule has 0 heterocycles. The summed E-state index contributed by atoms with van der Waals surface area (Å²) in [6.07, 6.45) is -5.79. The van der Waals surface area contributed by atoms with Crippen molar-refractivity contribution in [3.05, 3.63) is 28.2 Å². The number of nitrogens with one attached hydrogen (secondary N) is 1. The van der Waals surface area contributed by atoms with Crippen LogP contribution in [0.2, 0.25) is 0 Å². The number of ketones is 1. The third-order valence-electron chi connectivity index (χ3n) is 2.50. The lowest BCUT2D eigenvalue weighted by atomic mass is 10.0. The Bertz CT molecular complexity index is 472. The van der Waals surface area contributed by atoms with Gasteiger partial charge in [-0.05, 0) is 37.6 Å². The molecule has 0 spiro atoms. The average Bonchev–Trinajstić information content (AvgIpc) is 2.23. The Morgan fingerprint density at radius 2 is 1.95 bits per heavy atom. The van der Waals surface area contributed by atoms with Crippen LogP contribution in [0.5, 0.6) is 0 Å². The summed E-state index contributed by atoms with van der Waals surface area (Å²) in [7, 11) is 0. The minimum atomic E-state index is -4.28. The first kappa shape index (κ1) is 17.0. The van der Waals surface area contributed by atoms with E-state index in [1.165, 1.54) is 0 Å². The molecule has 0 unspecified atom stereocenters. The zero-order valence-corrected chi connectivity index (χ0v) is 12.9. The van der Waals surface area contributed by atoms with Gasteiger partial charge in [-0.15, -0.1) is 0 Å². The average molecular weight is 352 g/mol. The molecule has 0 amide bonds. The van der Waals surface area contributed by atoms with E-state index in [0.717, 1.165) is 10.2 Å². The summed E-state index contributed by atoms with van der Waals surface area (Å²) in [5.41, 5.74) is 1.54. The van der Waals surface area contributed by atoms with E-state index in [9.17, 15) is 18.0 Å². The summed E-state index contributed by atoms with van der Waals surface area (Å²) in [6.45, 7) is 3.96. The second-order valence-corrected chi connectivity index (χ2v) is 5.89. The highest BCUT2D eigenvalue weighted by atomic mass is 79.9. The normalized spacial score (nSPS) is 11.8. The maximum absolute atomic E-state index is 12.1. The van der Waals surface area contributed by atoms with E-state index >= 15 is 0 Å². The summed E-state index contributed by atoms with van der Waals surface area (Å²) in [4.78, 5) is 11.6. The van der Waals surface area contributed by atoms with Crippen molar-refractivity contribution in [2.45, 2.75) is 45.3 Å². The fourth-order valence-electron chi connectivity index (χ4n) is 1.77. The van der Waals surface area contributed by atoms with E-state index in [0.29, 0.717) is 5.56 Å². The van der Waals surface area contributed by atoms with Crippen LogP contribution in [-0.2, 0) is 11.2 Å². The van der Waals surface area contributed by atoms with Crippen LogP contribution in [-0.4, -0.2) is 18.0 Å². The van der Waals surface area contributed by atoms with Gasteiger partial charge in [-0.3, -0.25) is 4.79 Å². The van der Waals surface area contributed by atoms with Gasteiger partial charge in [-0.1, -0.05) is 15.9 Å². The molecule has 20 heavy (non-hydrogen) atoms. The molecule has 0 radical (unpaired) electrons. The molecule has 0 aliphatic heterocycles. The molecule has 0 atom stereocenters. The Morgan fingerprint density at radius 3 is 2.50 bits per heavy atom. The first-order valence-corrected chi connectivity index (χ1v) is 7.09. The van der Waals surface area contributed by atoms with E-state index in [1.54, 1.807) is 12.1 Å². The van der Waals surface area contributed by atoms with Crippen LogP contribution in [0.1, 0.15) is 32.3 Å². The fraction of sp³-hybridized carbons (Fsp3) is 0.500. The number of Topliss-reactive ketones (excluding diaryl/α,β-unsaturated/α-hetero) is 1. The summed E-state index contributed by atoms with van der Waals surface area (Å²) in [6, 6.07) is 5.63. The van der Waals surface area contributed by atoms with Crippen molar-refractivity contribution in [3.63, 3.8) is 0 Å². The molecule has 6 heteroatoms. The zero-order valence-electron chi connectivity index (χ0n) is 11.4. The Morgan fingerprint density at radius 1 is 1.30 bits per heavy atom. The number of anilines is 1. The molecule has 1 aromatic rings. The summed E-state index contributed by atoms with van der Waals surface area (Å²) in [5.74, 6) is -0.407. The highest BCUT2D eigenvalue weighted by molar-refractivity contribution is 9.10. The monoisotopic (exact) mass is 351 g/mol. The second-order valence-electron chi connectivity index (χ2n) is 4.98. The minimum Gasteiger partial charge on any atom is -0.383 e. The highest BCUT2D eigenvalue weighted by Crippen LogP contribution is 2.24. The first-order chi connectivity index (χ1) is 9.15. The fourth-order valence-corrected chi connectivity index (χ4v) is 2.31. The molecule has 1 N–H and O–H groups in total. The molecule has 0 fully saturated rings. The lowest BCUT2D eigenvalue weighted by Crippen LogP contribution is -2.13. The molecule has 1 rings (SSSR count). The van der Waals surface area contributed by atoms with E-state index < -0.39 is 24.8 Å². The predicted molar refractivity (Wildman–Crippen MR) is 76.9 cm³/mol. The minimum absolute atomic E-state index is 0.0162. The summed E-state index contributed by atoms with van der Waals surface area (Å²) < 4.78 is 37.0. The molecule has 0 saturated heterocycles. The highest BCUT2D eigenvalue weighted by Gasteiger charge is 2.27. The Hall–Kier alpha value is -1.04. The van der Waals surface area contributed by atoms with Crippen LogP contribution in [0.15, 0.2) is 22.7 Å². The summed E-state index contributed by atoms with van der Waals surface area (Å²) in [5, 5.41) is 3.19. The van der Waals surface area contributed by atoms with E-state index in [-0.39, 0.29) is 12.5 Å². The van der Waals surface area contributed by atoms with Crippen molar-refractivity contribution >= 4 is 27.4 Å². The van der Waals surface area contributed by atoms with Gasteiger partial charge in [0.15, 0.2) is 0 Å². The smallest absolute Gasteiger partial charge is 0.383 e. The van der Waals surface area contributed by atoms with Gasteiger partial charge >= 0.3 is 6.18 Å². The van der Waals surface area contributed by atoms with Crippen molar-refractivity contribution in [2.24, 2.45) is 0 Å². The van der Waals surface area contributed by atoms with Crippen molar-refractivity contribution in [1.29, 1.82) is 0 Å². The largest absolute Gasteiger partial charge is 0.389 e. The van der Waals surface area contributed by atoms with Gasteiger partial charge in [-0.25, -0.2) is 0 Å². The lowest BCUT2D eigenvalue weighted by Gasteiger charge is -2.12. The predicted octanol–water partition coefficient (Wildman–Crippen LogP) is 4.72. The third kappa shape index (κ3) is 6.93. The van der Waals surface area contributed by atoms with Crippen molar-refractivity contribution in [3.8, 4) is 0 Å². The topological polar surface area (TPSA) is 29.1 Å². The Balaban J connectivity index is 2.67.